The summed E-state index contributed by atoms with van der Waals surface area (Å²) in [5, 5.41) is 12.3. The predicted octanol–water partition coefficient (Wildman–Crippen LogP) is 3.62. The molecule has 1 aromatic heterocycles. The number of Topliss-reactive ketones (excluding diaryl/α,β-unsaturated/α-hetero) is 1. The van der Waals surface area contributed by atoms with Gasteiger partial charge in [-0.15, -0.1) is 0 Å². The summed E-state index contributed by atoms with van der Waals surface area (Å²) in [6, 6.07) is 11.9. The van der Waals surface area contributed by atoms with Crippen LogP contribution in [-0.2, 0) is 17.8 Å². The minimum Gasteiger partial charge on any atom is -0.508 e. The lowest BCUT2D eigenvalue weighted by Gasteiger charge is -2.31. The number of nitrogens with zero attached hydrogens (tertiary/aromatic N) is 3. The third kappa shape index (κ3) is 4.00. The molecule has 0 bridgehead atoms. The maximum absolute atomic E-state index is 11.7. The zero-order valence-electron chi connectivity index (χ0n) is 17.4. The first kappa shape index (κ1) is 19.6. The maximum Gasteiger partial charge on any atom is 0.318 e. The van der Waals surface area contributed by atoms with Crippen molar-refractivity contribution in [3.63, 3.8) is 0 Å². The van der Waals surface area contributed by atoms with Crippen molar-refractivity contribution in [1.82, 2.24) is 9.97 Å². The van der Waals surface area contributed by atoms with E-state index in [0.717, 1.165) is 53.5 Å². The number of anilines is 2. The second-order valence-corrected chi connectivity index (χ2v) is 8.49. The molecule has 1 atom stereocenters. The number of ether oxygens (including phenoxy) is 1. The first-order valence-electron chi connectivity index (χ1n) is 10.8. The second-order valence-electron chi connectivity index (χ2n) is 8.49. The first-order chi connectivity index (χ1) is 15.1. The van der Waals surface area contributed by atoms with Gasteiger partial charge in [0.25, 0.3) is 0 Å². The number of phenolic OH excluding ortho intramolecular Hbond substituents is 1. The highest BCUT2D eigenvalue weighted by molar-refractivity contribution is 5.95. The van der Waals surface area contributed by atoms with Crippen molar-refractivity contribution in [3.8, 4) is 11.8 Å². The first-order valence-corrected chi connectivity index (χ1v) is 10.8. The zero-order chi connectivity index (χ0) is 21.4. The topological polar surface area (TPSA) is 102 Å². The Hall–Kier alpha value is -3.35. The van der Waals surface area contributed by atoms with Crippen molar-refractivity contribution in [2.75, 3.05) is 23.8 Å². The molecule has 0 saturated heterocycles. The van der Waals surface area contributed by atoms with E-state index in [9.17, 15) is 9.90 Å². The number of benzene rings is 2. The summed E-state index contributed by atoms with van der Waals surface area (Å²) in [7, 11) is 0. The number of carbonyl (C=O) groups excluding carboxylic acids is 1. The molecule has 2 aliphatic rings. The van der Waals surface area contributed by atoms with Gasteiger partial charge in [-0.1, -0.05) is 24.3 Å². The molecule has 31 heavy (non-hydrogen) atoms. The van der Waals surface area contributed by atoms with E-state index in [4.69, 9.17) is 10.5 Å². The number of aromatic hydroxyl groups is 1. The number of carbonyl (C=O) groups is 1. The lowest BCUT2D eigenvalue weighted by atomic mass is 9.89. The second kappa shape index (κ2) is 8.06. The maximum atomic E-state index is 11.7. The average Bonchev–Trinajstić information content (AvgIpc) is 2.77. The SMILES string of the molecule is Nc1nc(OC[C@@H]2CCCC(=O)C2)nc2c1CCN(c1cc(O)cc3ccccc13)C2. The molecule has 0 unspecified atom stereocenters. The van der Waals surface area contributed by atoms with Crippen LogP contribution in [0.15, 0.2) is 36.4 Å². The molecule has 7 nitrogen and oxygen atoms in total. The van der Waals surface area contributed by atoms with E-state index in [1.165, 1.54) is 0 Å². The Morgan fingerprint density at radius 1 is 1.19 bits per heavy atom. The highest BCUT2D eigenvalue weighted by atomic mass is 16.5. The van der Waals surface area contributed by atoms with Gasteiger partial charge < -0.3 is 20.5 Å². The van der Waals surface area contributed by atoms with E-state index in [1.807, 2.05) is 18.2 Å². The molecule has 0 radical (unpaired) electrons. The Morgan fingerprint density at radius 2 is 2.06 bits per heavy atom. The summed E-state index contributed by atoms with van der Waals surface area (Å²) in [6.07, 6.45) is 3.89. The number of hydrogen-bond donors (Lipinski definition) is 2. The summed E-state index contributed by atoms with van der Waals surface area (Å²) >= 11 is 0. The van der Waals surface area contributed by atoms with Crippen molar-refractivity contribution in [2.45, 2.75) is 38.6 Å². The monoisotopic (exact) mass is 418 g/mol. The highest BCUT2D eigenvalue weighted by Crippen LogP contribution is 2.35. The van der Waals surface area contributed by atoms with Gasteiger partial charge in [-0.3, -0.25) is 4.79 Å². The summed E-state index contributed by atoms with van der Waals surface area (Å²) in [4.78, 5) is 22.9. The molecule has 1 aliphatic heterocycles. The molecule has 0 spiro atoms. The highest BCUT2D eigenvalue weighted by Gasteiger charge is 2.25. The molecule has 1 aliphatic carbocycles. The van der Waals surface area contributed by atoms with Crippen LogP contribution in [0.2, 0.25) is 0 Å². The molecule has 0 amide bonds. The fourth-order valence-electron chi connectivity index (χ4n) is 4.69. The quantitative estimate of drug-likeness (QED) is 0.667. The van der Waals surface area contributed by atoms with Crippen LogP contribution in [0.4, 0.5) is 11.5 Å². The Kier molecular flexibility index (Phi) is 5.10. The van der Waals surface area contributed by atoms with Crippen LogP contribution in [0.1, 0.15) is 36.9 Å². The Bertz CT molecular complexity index is 1150. The Morgan fingerprint density at radius 3 is 2.94 bits per heavy atom. The fourth-order valence-corrected chi connectivity index (χ4v) is 4.69. The molecule has 7 heteroatoms. The standard InChI is InChI=1S/C24H26N4O3/c25-23-20-8-9-28(22-12-18(30)11-16-5-1-2-7-19(16)22)13-21(20)26-24(27-23)31-14-15-4-3-6-17(29)10-15/h1-2,5,7,11-12,15,30H,3-4,6,8-10,13-14H2,(H2,25,26,27)/t15-/m1/s1. The minimum atomic E-state index is 0.220. The Labute approximate surface area is 180 Å². The van der Waals surface area contributed by atoms with Crippen LogP contribution in [0.5, 0.6) is 11.8 Å². The summed E-state index contributed by atoms with van der Waals surface area (Å²) in [6.45, 7) is 1.76. The smallest absolute Gasteiger partial charge is 0.318 e. The van der Waals surface area contributed by atoms with E-state index in [1.54, 1.807) is 12.1 Å². The van der Waals surface area contributed by atoms with E-state index in [-0.39, 0.29) is 17.7 Å². The number of aromatic nitrogens is 2. The molecule has 3 N–H and O–H groups in total. The van der Waals surface area contributed by atoms with Crippen molar-refractivity contribution in [3.05, 3.63) is 47.7 Å². The van der Waals surface area contributed by atoms with Gasteiger partial charge in [0.05, 0.1) is 18.8 Å². The van der Waals surface area contributed by atoms with Gasteiger partial charge in [-0.25, -0.2) is 0 Å². The van der Waals surface area contributed by atoms with Crippen LogP contribution >= 0.6 is 0 Å². The van der Waals surface area contributed by atoms with E-state index in [0.29, 0.717) is 37.6 Å². The fraction of sp³-hybridized carbons (Fsp3) is 0.375. The van der Waals surface area contributed by atoms with E-state index < -0.39 is 0 Å². The number of rotatable bonds is 4. The Balaban J connectivity index is 1.39. The lowest BCUT2D eigenvalue weighted by molar-refractivity contribution is -0.121. The van der Waals surface area contributed by atoms with Crippen LogP contribution in [0.25, 0.3) is 10.8 Å². The van der Waals surface area contributed by atoms with Gasteiger partial charge >= 0.3 is 6.01 Å². The summed E-state index contributed by atoms with van der Waals surface area (Å²) in [5.74, 6) is 1.23. The number of hydrogen-bond acceptors (Lipinski definition) is 7. The van der Waals surface area contributed by atoms with Gasteiger partial charge in [-0.2, -0.15) is 9.97 Å². The van der Waals surface area contributed by atoms with Crippen molar-refractivity contribution < 1.29 is 14.6 Å². The number of nitrogens with two attached hydrogens (primary N) is 1. The van der Waals surface area contributed by atoms with E-state index >= 15 is 0 Å². The predicted molar refractivity (Wildman–Crippen MR) is 119 cm³/mol. The van der Waals surface area contributed by atoms with Crippen molar-refractivity contribution >= 4 is 28.1 Å². The number of ketones is 1. The number of nitrogen functional groups attached to an aromatic ring is 1. The molecule has 2 aromatic carbocycles. The zero-order valence-corrected chi connectivity index (χ0v) is 17.4. The molecule has 5 rings (SSSR count). The van der Waals surface area contributed by atoms with Gasteiger partial charge in [-0.05, 0) is 36.6 Å². The van der Waals surface area contributed by atoms with Crippen molar-refractivity contribution in [1.29, 1.82) is 0 Å². The third-order valence-corrected chi connectivity index (χ3v) is 6.27. The van der Waals surface area contributed by atoms with E-state index in [2.05, 4.69) is 20.9 Å². The molecule has 2 heterocycles. The van der Waals surface area contributed by atoms with Gasteiger partial charge in [0.2, 0.25) is 0 Å². The van der Waals surface area contributed by atoms with Crippen LogP contribution in [0.3, 0.4) is 0 Å². The van der Waals surface area contributed by atoms with Gasteiger partial charge in [0.15, 0.2) is 0 Å². The molecule has 160 valence electrons. The van der Waals surface area contributed by atoms with Gasteiger partial charge in [0.1, 0.15) is 17.4 Å². The molecule has 1 saturated carbocycles. The average molecular weight is 418 g/mol. The number of phenols is 1. The number of fused-ring (bicyclic) bond motifs is 2. The molecular formula is C24H26N4O3. The summed E-state index contributed by atoms with van der Waals surface area (Å²) in [5.41, 5.74) is 9.01. The lowest BCUT2D eigenvalue weighted by Crippen LogP contribution is -2.32. The third-order valence-electron chi connectivity index (χ3n) is 6.27. The van der Waals surface area contributed by atoms with Crippen LogP contribution < -0.4 is 15.4 Å². The molecule has 3 aromatic rings. The normalized spacial score (nSPS) is 18.8. The molecular weight excluding hydrogens is 392 g/mol. The summed E-state index contributed by atoms with van der Waals surface area (Å²) < 4.78 is 5.86. The molecule has 1 fully saturated rings. The van der Waals surface area contributed by atoms with Crippen molar-refractivity contribution in [2.24, 2.45) is 5.92 Å². The van der Waals surface area contributed by atoms with Crippen LogP contribution in [0, 0.1) is 5.92 Å². The largest absolute Gasteiger partial charge is 0.508 e. The minimum absolute atomic E-state index is 0.220. The van der Waals surface area contributed by atoms with Crippen LogP contribution in [-0.4, -0.2) is 34.0 Å². The van der Waals surface area contributed by atoms with Gasteiger partial charge in [0, 0.05) is 42.1 Å².